The van der Waals surface area contributed by atoms with Crippen LogP contribution in [0.2, 0.25) is 0 Å². The second-order valence-electron chi connectivity index (χ2n) is 9.75. The Labute approximate surface area is 217 Å². The standard InChI is InChI=1S/C29H25F3N4O2/c1-17-8-11-19(12-9-17)35-25(37)21-16-18(10-13-22(21)29(30,31)32)20-6-4-7-23-24(20)28(2,3)26(38)36(23)27-33-14-5-15-34-27/h4-14,16H,15H2,1-3H3,(H,33,34)(H,35,37). The van der Waals surface area contributed by atoms with Gasteiger partial charge in [0.25, 0.3) is 5.91 Å². The number of aliphatic imine (C=N–C) groups is 1. The minimum atomic E-state index is -4.73. The van der Waals surface area contributed by atoms with E-state index in [1.54, 1.807) is 62.5 Å². The molecule has 2 aliphatic heterocycles. The van der Waals surface area contributed by atoms with Crippen LogP contribution in [0.15, 0.2) is 77.9 Å². The van der Waals surface area contributed by atoms with Crippen LogP contribution in [-0.4, -0.2) is 24.3 Å². The first kappa shape index (κ1) is 25.3. The zero-order chi connectivity index (χ0) is 27.2. The Morgan fingerprint density at radius 1 is 1.08 bits per heavy atom. The van der Waals surface area contributed by atoms with E-state index in [1.165, 1.54) is 17.0 Å². The van der Waals surface area contributed by atoms with Gasteiger partial charge in [-0.1, -0.05) is 35.9 Å². The molecule has 6 nitrogen and oxygen atoms in total. The summed E-state index contributed by atoms with van der Waals surface area (Å²) in [5.41, 5.74) is 0.993. The van der Waals surface area contributed by atoms with Crippen LogP contribution in [0, 0.1) is 6.92 Å². The van der Waals surface area contributed by atoms with E-state index in [1.807, 2.05) is 13.0 Å². The van der Waals surface area contributed by atoms with Gasteiger partial charge in [0.05, 0.1) is 28.8 Å². The Kier molecular flexibility index (Phi) is 6.09. The van der Waals surface area contributed by atoms with Crippen molar-refractivity contribution in [3.8, 4) is 11.1 Å². The molecule has 5 rings (SSSR count). The minimum absolute atomic E-state index is 0.217. The van der Waals surface area contributed by atoms with Gasteiger partial charge in [-0.05, 0) is 73.9 Å². The number of hydrogen-bond donors (Lipinski definition) is 2. The van der Waals surface area contributed by atoms with Crippen molar-refractivity contribution >= 4 is 29.1 Å². The summed E-state index contributed by atoms with van der Waals surface area (Å²) in [4.78, 5) is 32.5. The summed E-state index contributed by atoms with van der Waals surface area (Å²) in [6, 6.07) is 15.5. The first-order valence-corrected chi connectivity index (χ1v) is 12.0. The molecule has 2 aliphatic rings. The lowest BCUT2D eigenvalue weighted by atomic mass is 9.81. The molecule has 2 N–H and O–H groups in total. The lowest BCUT2D eigenvalue weighted by Crippen LogP contribution is -2.46. The number of carbonyl (C=O) groups excluding carboxylic acids is 2. The number of halogens is 3. The quantitative estimate of drug-likeness (QED) is 0.445. The number of amides is 2. The first-order valence-electron chi connectivity index (χ1n) is 12.0. The molecular weight excluding hydrogens is 493 g/mol. The molecule has 9 heteroatoms. The lowest BCUT2D eigenvalue weighted by Gasteiger charge is -2.23. The first-order chi connectivity index (χ1) is 18.0. The number of carbonyl (C=O) groups is 2. The third-order valence-corrected chi connectivity index (χ3v) is 6.72. The van der Waals surface area contributed by atoms with Crippen molar-refractivity contribution in [1.29, 1.82) is 0 Å². The van der Waals surface area contributed by atoms with E-state index in [-0.39, 0.29) is 5.91 Å². The Morgan fingerprint density at radius 3 is 2.47 bits per heavy atom. The summed E-state index contributed by atoms with van der Waals surface area (Å²) in [5, 5.41) is 5.57. The van der Waals surface area contributed by atoms with Crippen molar-refractivity contribution in [2.45, 2.75) is 32.4 Å². The molecule has 0 saturated carbocycles. The third-order valence-electron chi connectivity index (χ3n) is 6.72. The van der Waals surface area contributed by atoms with E-state index < -0.39 is 28.6 Å². The number of anilines is 2. The van der Waals surface area contributed by atoms with Gasteiger partial charge in [-0.25, -0.2) is 9.89 Å². The van der Waals surface area contributed by atoms with Gasteiger partial charge in [-0.3, -0.25) is 9.59 Å². The maximum Gasteiger partial charge on any atom is 0.417 e. The van der Waals surface area contributed by atoms with Crippen LogP contribution in [0.4, 0.5) is 24.5 Å². The van der Waals surface area contributed by atoms with E-state index in [2.05, 4.69) is 15.6 Å². The predicted octanol–water partition coefficient (Wildman–Crippen LogP) is 6.03. The van der Waals surface area contributed by atoms with Crippen molar-refractivity contribution < 1.29 is 22.8 Å². The normalized spacial score (nSPS) is 16.1. The average Bonchev–Trinajstić information content (AvgIpc) is 3.10. The summed E-state index contributed by atoms with van der Waals surface area (Å²) in [7, 11) is 0. The molecule has 0 spiro atoms. The van der Waals surface area contributed by atoms with Crippen LogP contribution < -0.4 is 15.5 Å². The van der Waals surface area contributed by atoms with E-state index in [0.29, 0.717) is 40.6 Å². The maximum absolute atomic E-state index is 13.9. The molecule has 3 aromatic rings. The van der Waals surface area contributed by atoms with E-state index in [9.17, 15) is 22.8 Å². The number of nitrogens with zero attached hydrogens (tertiary/aromatic N) is 2. The van der Waals surface area contributed by atoms with Crippen molar-refractivity contribution in [3.05, 3.63) is 95.2 Å². The zero-order valence-corrected chi connectivity index (χ0v) is 21.0. The summed E-state index contributed by atoms with van der Waals surface area (Å²) >= 11 is 0. The molecule has 0 aliphatic carbocycles. The summed E-state index contributed by atoms with van der Waals surface area (Å²) in [6.45, 7) is 5.83. The van der Waals surface area contributed by atoms with E-state index >= 15 is 0 Å². The van der Waals surface area contributed by atoms with Gasteiger partial charge in [0, 0.05) is 11.9 Å². The number of nitrogens with one attached hydrogen (secondary N) is 2. The number of benzene rings is 3. The summed E-state index contributed by atoms with van der Waals surface area (Å²) < 4.78 is 41.8. The van der Waals surface area contributed by atoms with Gasteiger partial charge in [0.1, 0.15) is 0 Å². The number of guanidine groups is 1. The van der Waals surface area contributed by atoms with Gasteiger partial charge < -0.3 is 10.6 Å². The van der Waals surface area contributed by atoms with E-state index in [0.717, 1.165) is 11.6 Å². The van der Waals surface area contributed by atoms with Crippen molar-refractivity contribution in [3.63, 3.8) is 0 Å². The topological polar surface area (TPSA) is 73.8 Å². The fraction of sp³-hybridized carbons (Fsp3) is 0.207. The molecule has 38 heavy (non-hydrogen) atoms. The smallest absolute Gasteiger partial charge is 0.332 e. The number of aryl methyl sites for hydroxylation is 1. The predicted molar refractivity (Wildman–Crippen MR) is 141 cm³/mol. The van der Waals surface area contributed by atoms with Crippen LogP contribution in [0.5, 0.6) is 0 Å². The summed E-state index contributed by atoms with van der Waals surface area (Å²) in [6.07, 6.45) is -1.21. The number of hydrogen-bond acceptors (Lipinski definition) is 4. The van der Waals surface area contributed by atoms with Gasteiger partial charge >= 0.3 is 6.18 Å². The molecule has 0 radical (unpaired) electrons. The third kappa shape index (κ3) is 4.34. The Balaban J connectivity index is 1.62. The van der Waals surface area contributed by atoms with Crippen LogP contribution >= 0.6 is 0 Å². The van der Waals surface area contributed by atoms with Gasteiger partial charge in [0.15, 0.2) is 0 Å². The molecule has 2 amide bonds. The zero-order valence-electron chi connectivity index (χ0n) is 21.0. The Bertz CT molecular complexity index is 1510. The van der Waals surface area contributed by atoms with Crippen LogP contribution in [0.1, 0.15) is 40.9 Å². The molecule has 0 unspecified atom stereocenters. The lowest BCUT2D eigenvalue weighted by molar-refractivity contribution is -0.137. The maximum atomic E-state index is 13.9. The second kappa shape index (κ2) is 9.16. The second-order valence-corrected chi connectivity index (χ2v) is 9.75. The summed E-state index contributed by atoms with van der Waals surface area (Å²) in [5.74, 6) is -0.710. The molecule has 0 aromatic heterocycles. The minimum Gasteiger partial charge on any atom is -0.332 e. The highest BCUT2D eigenvalue weighted by atomic mass is 19.4. The van der Waals surface area contributed by atoms with Crippen LogP contribution in [-0.2, 0) is 16.4 Å². The molecule has 3 aromatic carbocycles. The van der Waals surface area contributed by atoms with Crippen LogP contribution in [0.25, 0.3) is 11.1 Å². The fourth-order valence-corrected chi connectivity index (χ4v) is 4.82. The highest BCUT2D eigenvalue weighted by Crippen LogP contribution is 2.47. The molecule has 0 fully saturated rings. The van der Waals surface area contributed by atoms with Crippen LogP contribution in [0.3, 0.4) is 0 Å². The SMILES string of the molecule is Cc1ccc(NC(=O)c2cc(-c3cccc4c3C(C)(C)C(=O)N4C3=NCC=CN3)ccc2C(F)(F)F)cc1. The fourth-order valence-electron chi connectivity index (χ4n) is 4.82. The van der Waals surface area contributed by atoms with Crippen molar-refractivity contribution in [1.82, 2.24) is 5.32 Å². The van der Waals surface area contributed by atoms with Gasteiger partial charge in [-0.2, -0.15) is 13.2 Å². The molecule has 0 atom stereocenters. The van der Waals surface area contributed by atoms with Gasteiger partial charge in [0.2, 0.25) is 11.9 Å². The van der Waals surface area contributed by atoms with E-state index in [4.69, 9.17) is 0 Å². The number of fused-ring (bicyclic) bond motifs is 1. The average molecular weight is 519 g/mol. The monoisotopic (exact) mass is 518 g/mol. The molecular formula is C29H25F3N4O2. The largest absolute Gasteiger partial charge is 0.417 e. The van der Waals surface area contributed by atoms with Gasteiger partial charge in [-0.15, -0.1) is 0 Å². The van der Waals surface area contributed by atoms with Crippen molar-refractivity contribution in [2.75, 3.05) is 16.8 Å². The Morgan fingerprint density at radius 2 is 1.82 bits per heavy atom. The number of rotatable bonds is 3. The molecule has 194 valence electrons. The molecule has 2 heterocycles. The highest BCUT2D eigenvalue weighted by molar-refractivity contribution is 6.24. The molecule has 0 bridgehead atoms. The molecule has 0 saturated heterocycles. The Hall–Kier alpha value is -4.40. The van der Waals surface area contributed by atoms with Crippen molar-refractivity contribution in [2.24, 2.45) is 4.99 Å². The highest BCUT2D eigenvalue weighted by Gasteiger charge is 2.47. The number of alkyl halides is 3.